The molecule has 0 fully saturated rings. The summed E-state index contributed by atoms with van der Waals surface area (Å²) in [6.45, 7) is 5.83. The number of benzene rings is 1. The van der Waals surface area contributed by atoms with Gasteiger partial charge in [0.2, 0.25) is 0 Å². The van der Waals surface area contributed by atoms with Crippen molar-refractivity contribution in [1.29, 1.82) is 0 Å². The van der Waals surface area contributed by atoms with E-state index in [4.69, 9.17) is 4.74 Å². The molecule has 1 atom stereocenters. The van der Waals surface area contributed by atoms with Gasteiger partial charge in [-0.3, -0.25) is 0 Å². The third kappa shape index (κ3) is 3.27. The monoisotopic (exact) mass is 285 g/mol. The second-order valence-electron chi connectivity index (χ2n) is 5.54. The highest BCUT2D eigenvalue weighted by Gasteiger charge is 2.21. The molecule has 1 aliphatic heterocycles. The second kappa shape index (κ2) is 6.76. The Morgan fingerprint density at radius 1 is 1.38 bits per heavy atom. The van der Waals surface area contributed by atoms with Crippen molar-refractivity contribution in [2.75, 3.05) is 13.2 Å². The molecular formula is C17H23N3O. The minimum absolute atomic E-state index is 0.508. The number of hydrogen-bond acceptors (Lipinski definition) is 3. The van der Waals surface area contributed by atoms with Crippen LogP contribution in [0.15, 0.2) is 36.7 Å². The third-order valence-electron chi connectivity index (χ3n) is 4.01. The third-order valence-corrected chi connectivity index (χ3v) is 4.01. The molecule has 0 spiro atoms. The van der Waals surface area contributed by atoms with E-state index in [0.29, 0.717) is 5.92 Å². The van der Waals surface area contributed by atoms with E-state index in [0.717, 1.165) is 50.7 Å². The Hall–Kier alpha value is -1.81. The number of nitrogens with one attached hydrogen (secondary N) is 1. The number of aromatic nitrogens is 2. The number of para-hydroxylation sites is 1. The Balaban J connectivity index is 1.72. The standard InChI is InChI=1S/C17H23N3O/c1-2-8-18-12-17-19-9-10-20(17)13-14-7-11-21-16-6-4-3-5-15(14)16/h3-6,9-10,14,18H,2,7-8,11-13H2,1H3. The van der Waals surface area contributed by atoms with E-state index in [1.165, 1.54) is 5.56 Å². The van der Waals surface area contributed by atoms with Gasteiger partial charge in [0.05, 0.1) is 13.2 Å². The number of nitrogens with zero attached hydrogens (tertiary/aromatic N) is 2. The smallest absolute Gasteiger partial charge is 0.122 e. The summed E-state index contributed by atoms with van der Waals surface area (Å²) in [6.07, 6.45) is 6.19. The van der Waals surface area contributed by atoms with Gasteiger partial charge < -0.3 is 14.6 Å². The highest BCUT2D eigenvalue weighted by Crippen LogP contribution is 2.34. The fraction of sp³-hybridized carbons (Fsp3) is 0.471. The van der Waals surface area contributed by atoms with Crippen LogP contribution in [-0.2, 0) is 13.1 Å². The molecule has 4 nitrogen and oxygen atoms in total. The van der Waals surface area contributed by atoms with Crippen molar-refractivity contribution in [2.45, 2.75) is 38.8 Å². The molecule has 1 unspecified atom stereocenters. The summed E-state index contributed by atoms with van der Waals surface area (Å²) in [6, 6.07) is 8.39. The lowest BCUT2D eigenvalue weighted by Gasteiger charge is -2.26. The summed E-state index contributed by atoms with van der Waals surface area (Å²) in [7, 11) is 0. The summed E-state index contributed by atoms with van der Waals surface area (Å²) < 4.78 is 8.02. The van der Waals surface area contributed by atoms with Crippen LogP contribution >= 0.6 is 0 Å². The molecule has 1 aliphatic rings. The molecular weight excluding hydrogens is 262 g/mol. The highest BCUT2D eigenvalue weighted by molar-refractivity contribution is 5.37. The average molecular weight is 285 g/mol. The van der Waals surface area contributed by atoms with Crippen molar-refractivity contribution in [1.82, 2.24) is 14.9 Å². The molecule has 4 heteroatoms. The number of rotatable bonds is 6. The SMILES string of the molecule is CCCNCc1nccn1CC1CCOc2ccccc21. The van der Waals surface area contributed by atoms with Crippen LogP contribution in [0, 0.1) is 0 Å². The second-order valence-corrected chi connectivity index (χ2v) is 5.54. The molecule has 0 amide bonds. The fourth-order valence-electron chi connectivity index (χ4n) is 2.89. The number of fused-ring (bicyclic) bond motifs is 1. The Morgan fingerprint density at radius 3 is 3.19 bits per heavy atom. The predicted octanol–water partition coefficient (Wildman–Crippen LogP) is 2.95. The Bertz CT molecular complexity index is 579. The van der Waals surface area contributed by atoms with Gasteiger partial charge in [-0.2, -0.15) is 0 Å². The van der Waals surface area contributed by atoms with Gasteiger partial charge in [-0.25, -0.2) is 4.98 Å². The van der Waals surface area contributed by atoms with Crippen molar-refractivity contribution in [3.63, 3.8) is 0 Å². The van der Waals surface area contributed by atoms with E-state index in [1.807, 2.05) is 12.3 Å². The van der Waals surface area contributed by atoms with Crippen molar-refractivity contribution in [2.24, 2.45) is 0 Å². The summed E-state index contributed by atoms with van der Waals surface area (Å²) in [5.41, 5.74) is 1.32. The summed E-state index contributed by atoms with van der Waals surface area (Å²) in [5.74, 6) is 2.67. The molecule has 21 heavy (non-hydrogen) atoms. The largest absolute Gasteiger partial charge is 0.493 e. The molecule has 1 aromatic heterocycles. The lowest BCUT2D eigenvalue weighted by Crippen LogP contribution is -2.22. The number of ether oxygens (including phenoxy) is 1. The van der Waals surface area contributed by atoms with Crippen LogP contribution in [-0.4, -0.2) is 22.7 Å². The van der Waals surface area contributed by atoms with Crippen molar-refractivity contribution < 1.29 is 4.74 Å². The lowest BCUT2D eigenvalue weighted by molar-refractivity contribution is 0.258. The molecule has 112 valence electrons. The minimum Gasteiger partial charge on any atom is -0.493 e. The van der Waals surface area contributed by atoms with Crippen LogP contribution < -0.4 is 10.1 Å². The molecule has 0 bridgehead atoms. The molecule has 3 rings (SSSR count). The van der Waals surface area contributed by atoms with Crippen LogP contribution in [0.1, 0.15) is 37.1 Å². The summed E-state index contributed by atoms with van der Waals surface area (Å²) >= 11 is 0. The highest BCUT2D eigenvalue weighted by atomic mass is 16.5. The predicted molar refractivity (Wildman–Crippen MR) is 83.5 cm³/mol. The van der Waals surface area contributed by atoms with E-state index in [9.17, 15) is 0 Å². The zero-order valence-corrected chi connectivity index (χ0v) is 12.6. The van der Waals surface area contributed by atoms with Gasteiger partial charge in [0.15, 0.2) is 0 Å². The lowest BCUT2D eigenvalue weighted by atomic mass is 9.93. The van der Waals surface area contributed by atoms with Gasteiger partial charge >= 0.3 is 0 Å². The molecule has 0 saturated carbocycles. The molecule has 1 aromatic carbocycles. The zero-order chi connectivity index (χ0) is 14.5. The van der Waals surface area contributed by atoms with Crippen molar-refractivity contribution in [3.05, 3.63) is 48.0 Å². The van der Waals surface area contributed by atoms with Crippen LogP contribution in [0.2, 0.25) is 0 Å². The van der Waals surface area contributed by atoms with Crippen LogP contribution in [0.4, 0.5) is 0 Å². The maximum atomic E-state index is 5.75. The molecule has 0 saturated heterocycles. The Labute approximate surface area is 126 Å². The van der Waals surface area contributed by atoms with Crippen LogP contribution in [0.25, 0.3) is 0 Å². The molecule has 1 N–H and O–H groups in total. The Kier molecular flexibility index (Phi) is 4.55. The molecule has 0 aliphatic carbocycles. The molecule has 0 radical (unpaired) electrons. The topological polar surface area (TPSA) is 39.1 Å². The first-order valence-corrected chi connectivity index (χ1v) is 7.81. The first kappa shape index (κ1) is 14.1. The van der Waals surface area contributed by atoms with Gasteiger partial charge in [0.25, 0.3) is 0 Å². The van der Waals surface area contributed by atoms with Gasteiger partial charge in [0, 0.05) is 24.9 Å². The maximum Gasteiger partial charge on any atom is 0.122 e. The van der Waals surface area contributed by atoms with E-state index in [-0.39, 0.29) is 0 Å². The van der Waals surface area contributed by atoms with Crippen LogP contribution in [0.3, 0.4) is 0 Å². The zero-order valence-electron chi connectivity index (χ0n) is 12.6. The number of hydrogen-bond donors (Lipinski definition) is 1. The van der Waals surface area contributed by atoms with Gasteiger partial charge in [0.1, 0.15) is 11.6 Å². The van der Waals surface area contributed by atoms with E-state index in [2.05, 4.69) is 46.2 Å². The minimum atomic E-state index is 0.508. The van der Waals surface area contributed by atoms with Crippen molar-refractivity contribution in [3.8, 4) is 5.75 Å². The first-order chi connectivity index (χ1) is 10.4. The van der Waals surface area contributed by atoms with E-state index in [1.54, 1.807) is 0 Å². The maximum absolute atomic E-state index is 5.75. The fourth-order valence-corrected chi connectivity index (χ4v) is 2.89. The summed E-state index contributed by atoms with van der Waals surface area (Å²) in [5, 5.41) is 3.43. The normalized spacial score (nSPS) is 17.3. The van der Waals surface area contributed by atoms with Gasteiger partial charge in [-0.15, -0.1) is 0 Å². The van der Waals surface area contributed by atoms with Gasteiger partial charge in [-0.1, -0.05) is 25.1 Å². The summed E-state index contributed by atoms with van der Waals surface area (Å²) in [4.78, 5) is 4.48. The average Bonchev–Trinajstić information content (AvgIpc) is 2.95. The van der Waals surface area contributed by atoms with E-state index < -0.39 is 0 Å². The van der Waals surface area contributed by atoms with Crippen molar-refractivity contribution >= 4 is 0 Å². The first-order valence-electron chi connectivity index (χ1n) is 7.81. The quantitative estimate of drug-likeness (QED) is 0.829. The molecule has 2 heterocycles. The van der Waals surface area contributed by atoms with Crippen LogP contribution in [0.5, 0.6) is 5.75 Å². The molecule has 2 aromatic rings. The number of imidazole rings is 1. The van der Waals surface area contributed by atoms with Gasteiger partial charge in [-0.05, 0) is 31.0 Å². The van der Waals surface area contributed by atoms with E-state index >= 15 is 0 Å². The Morgan fingerprint density at radius 2 is 2.29 bits per heavy atom.